The molecule has 0 saturated heterocycles. The lowest BCUT2D eigenvalue weighted by Gasteiger charge is -2.13. The van der Waals surface area contributed by atoms with E-state index in [4.69, 9.17) is 0 Å². The zero-order valence-electron chi connectivity index (χ0n) is 7.42. The number of hydrogen-bond acceptors (Lipinski definition) is 0. The standard InChI is InChI=1S/C11H18/c1-9-3-2-4-11(9)8-7-10-5-6-10/h2,4,9-11H,3,5-8H2,1H3. The second-order valence-corrected chi connectivity index (χ2v) is 4.33. The fraction of sp³-hybridized carbons (Fsp3) is 0.818. The molecule has 0 aromatic heterocycles. The highest BCUT2D eigenvalue weighted by atomic mass is 14.3. The molecular formula is C11H18. The van der Waals surface area contributed by atoms with Crippen molar-refractivity contribution in [2.24, 2.45) is 17.8 Å². The summed E-state index contributed by atoms with van der Waals surface area (Å²) in [7, 11) is 0. The zero-order chi connectivity index (χ0) is 7.68. The van der Waals surface area contributed by atoms with Crippen LogP contribution < -0.4 is 0 Å². The Labute approximate surface area is 69.7 Å². The van der Waals surface area contributed by atoms with Crippen LogP contribution in [0.25, 0.3) is 0 Å². The summed E-state index contributed by atoms with van der Waals surface area (Å²) >= 11 is 0. The molecule has 0 heteroatoms. The summed E-state index contributed by atoms with van der Waals surface area (Å²) in [4.78, 5) is 0. The lowest BCUT2D eigenvalue weighted by molar-refractivity contribution is 0.413. The second-order valence-electron chi connectivity index (χ2n) is 4.33. The maximum absolute atomic E-state index is 2.44. The van der Waals surface area contributed by atoms with Gasteiger partial charge in [-0.3, -0.25) is 0 Å². The van der Waals surface area contributed by atoms with E-state index in [0.29, 0.717) is 0 Å². The fourth-order valence-electron chi connectivity index (χ4n) is 2.05. The lowest BCUT2D eigenvalue weighted by atomic mass is 9.92. The van der Waals surface area contributed by atoms with Crippen LogP contribution in [-0.2, 0) is 0 Å². The van der Waals surface area contributed by atoms with Crippen LogP contribution in [0.4, 0.5) is 0 Å². The van der Waals surface area contributed by atoms with Gasteiger partial charge in [0.25, 0.3) is 0 Å². The van der Waals surface area contributed by atoms with Crippen molar-refractivity contribution in [2.45, 2.75) is 39.0 Å². The lowest BCUT2D eigenvalue weighted by Crippen LogP contribution is -2.03. The Morgan fingerprint density at radius 3 is 2.64 bits per heavy atom. The van der Waals surface area contributed by atoms with Crippen molar-refractivity contribution in [2.75, 3.05) is 0 Å². The summed E-state index contributed by atoms with van der Waals surface area (Å²) in [6.07, 6.45) is 12.1. The largest absolute Gasteiger partial charge is 0.0880 e. The summed E-state index contributed by atoms with van der Waals surface area (Å²) in [5.74, 6) is 2.99. The molecule has 2 rings (SSSR count). The Hall–Kier alpha value is -0.260. The van der Waals surface area contributed by atoms with Gasteiger partial charge in [-0.1, -0.05) is 31.9 Å². The summed E-state index contributed by atoms with van der Waals surface area (Å²) in [5, 5.41) is 0. The van der Waals surface area contributed by atoms with Crippen molar-refractivity contribution < 1.29 is 0 Å². The predicted molar refractivity (Wildman–Crippen MR) is 48.4 cm³/mol. The molecular weight excluding hydrogens is 132 g/mol. The first-order valence-electron chi connectivity index (χ1n) is 5.03. The van der Waals surface area contributed by atoms with Crippen molar-refractivity contribution >= 4 is 0 Å². The second kappa shape index (κ2) is 3.00. The molecule has 0 nitrogen and oxygen atoms in total. The molecule has 62 valence electrons. The fourth-order valence-corrected chi connectivity index (χ4v) is 2.05. The summed E-state index contributed by atoms with van der Waals surface area (Å²) in [6, 6.07) is 0. The van der Waals surface area contributed by atoms with Gasteiger partial charge in [-0.2, -0.15) is 0 Å². The van der Waals surface area contributed by atoms with E-state index in [1.165, 1.54) is 32.1 Å². The van der Waals surface area contributed by atoms with E-state index >= 15 is 0 Å². The Morgan fingerprint density at radius 2 is 2.09 bits per heavy atom. The quantitative estimate of drug-likeness (QED) is 0.541. The van der Waals surface area contributed by atoms with Crippen molar-refractivity contribution in [3.63, 3.8) is 0 Å². The predicted octanol–water partition coefficient (Wildman–Crippen LogP) is 3.39. The van der Waals surface area contributed by atoms with Gasteiger partial charge in [0.15, 0.2) is 0 Å². The molecule has 0 radical (unpaired) electrons. The molecule has 0 aliphatic heterocycles. The smallest absolute Gasteiger partial charge is 0.0205 e. The Morgan fingerprint density at radius 1 is 1.27 bits per heavy atom. The van der Waals surface area contributed by atoms with Gasteiger partial charge in [-0.25, -0.2) is 0 Å². The van der Waals surface area contributed by atoms with Crippen LogP contribution in [0.2, 0.25) is 0 Å². The third-order valence-electron chi connectivity index (χ3n) is 3.23. The molecule has 0 heterocycles. The van der Waals surface area contributed by atoms with E-state index in [1.54, 1.807) is 0 Å². The van der Waals surface area contributed by atoms with Crippen molar-refractivity contribution in [3.8, 4) is 0 Å². The van der Waals surface area contributed by atoms with Gasteiger partial charge < -0.3 is 0 Å². The molecule has 0 amide bonds. The number of rotatable bonds is 3. The first-order valence-corrected chi connectivity index (χ1v) is 5.03. The normalized spacial score (nSPS) is 36.5. The molecule has 0 aromatic carbocycles. The minimum absolute atomic E-state index is 0.926. The van der Waals surface area contributed by atoms with Gasteiger partial charge in [0, 0.05) is 0 Å². The molecule has 0 N–H and O–H groups in total. The van der Waals surface area contributed by atoms with Crippen LogP contribution in [0.3, 0.4) is 0 Å². The van der Waals surface area contributed by atoms with Crippen LogP contribution in [0.5, 0.6) is 0 Å². The minimum atomic E-state index is 0.926. The summed E-state index contributed by atoms with van der Waals surface area (Å²) < 4.78 is 0. The van der Waals surface area contributed by atoms with Gasteiger partial charge in [0.05, 0.1) is 0 Å². The van der Waals surface area contributed by atoms with Crippen molar-refractivity contribution in [1.82, 2.24) is 0 Å². The molecule has 11 heavy (non-hydrogen) atoms. The summed E-state index contributed by atoms with van der Waals surface area (Å²) in [6.45, 7) is 2.39. The molecule has 1 saturated carbocycles. The van der Waals surface area contributed by atoms with Crippen LogP contribution in [0.15, 0.2) is 12.2 Å². The zero-order valence-corrected chi connectivity index (χ0v) is 7.42. The van der Waals surface area contributed by atoms with Gasteiger partial charge >= 0.3 is 0 Å². The Balaban J connectivity index is 1.71. The third-order valence-corrected chi connectivity index (χ3v) is 3.23. The Kier molecular flexibility index (Phi) is 2.02. The molecule has 2 aliphatic rings. The first-order chi connectivity index (χ1) is 5.36. The highest BCUT2D eigenvalue weighted by molar-refractivity contribution is 4.99. The minimum Gasteiger partial charge on any atom is -0.0880 e. The van der Waals surface area contributed by atoms with E-state index in [9.17, 15) is 0 Å². The van der Waals surface area contributed by atoms with Crippen molar-refractivity contribution in [1.29, 1.82) is 0 Å². The molecule has 0 aromatic rings. The van der Waals surface area contributed by atoms with Crippen LogP contribution in [0, 0.1) is 17.8 Å². The Bertz CT molecular complexity index is 153. The monoisotopic (exact) mass is 150 g/mol. The molecule has 2 aliphatic carbocycles. The molecule has 0 spiro atoms. The number of hydrogen-bond donors (Lipinski definition) is 0. The van der Waals surface area contributed by atoms with Crippen LogP contribution in [0.1, 0.15) is 39.0 Å². The van der Waals surface area contributed by atoms with E-state index in [1.807, 2.05) is 0 Å². The maximum Gasteiger partial charge on any atom is -0.0205 e. The van der Waals surface area contributed by atoms with Gasteiger partial charge in [0.2, 0.25) is 0 Å². The molecule has 1 fully saturated rings. The van der Waals surface area contributed by atoms with E-state index in [-0.39, 0.29) is 0 Å². The van der Waals surface area contributed by atoms with Gasteiger partial charge in [-0.15, -0.1) is 0 Å². The van der Waals surface area contributed by atoms with E-state index < -0.39 is 0 Å². The summed E-state index contributed by atoms with van der Waals surface area (Å²) in [5.41, 5.74) is 0. The van der Waals surface area contributed by atoms with Crippen molar-refractivity contribution in [3.05, 3.63) is 12.2 Å². The maximum atomic E-state index is 2.44. The molecule has 2 atom stereocenters. The van der Waals surface area contributed by atoms with E-state index in [0.717, 1.165) is 17.8 Å². The average molecular weight is 150 g/mol. The van der Waals surface area contributed by atoms with Crippen LogP contribution >= 0.6 is 0 Å². The van der Waals surface area contributed by atoms with Gasteiger partial charge in [0.1, 0.15) is 0 Å². The van der Waals surface area contributed by atoms with Crippen LogP contribution in [-0.4, -0.2) is 0 Å². The average Bonchev–Trinajstić information content (AvgIpc) is 2.73. The third kappa shape index (κ3) is 1.85. The SMILES string of the molecule is CC1CC=CC1CCC1CC1. The van der Waals surface area contributed by atoms with Gasteiger partial charge in [-0.05, 0) is 37.0 Å². The highest BCUT2D eigenvalue weighted by Crippen LogP contribution is 2.37. The van der Waals surface area contributed by atoms with E-state index in [2.05, 4.69) is 19.1 Å². The topological polar surface area (TPSA) is 0 Å². The highest BCUT2D eigenvalue weighted by Gasteiger charge is 2.24. The first kappa shape index (κ1) is 7.39. The molecule has 2 unspecified atom stereocenters. The molecule has 0 bridgehead atoms. The number of allylic oxidation sites excluding steroid dienone is 2.